The first-order valence-corrected chi connectivity index (χ1v) is 7.25. The van der Waals surface area contributed by atoms with Crippen molar-refractivity contribution < 1.29 is 9.18 Å². The van der Waals surface area contributed by atoms with Crippen LogP contribution >= 0.6 is 0 Å². The number of hydrogen-bond donors (Lipinski definition) is 0. The van der Waals surface area contributed by atoms with Crippen molar-refractivity contribution in [2.45, 2.75) is 32.4 Å². The quantitative estimate of drug-likeness (QED) is 0.832. The van der Waals surface area contributed by atoms with E-state index in [9.17, 15) is 9.18 Å². The standard InChI is InChI=1S/C18H18FNO/c1-13-3-2-4-14(11-13)12-20(17-9-10-17)18(21)15-5-7-16(19)8-6-15/h2-8,11,17H,9-10,12H2,1H3. The molecule has 1 fully saturated rings. The second-order valence-electron chi connectivity index (χ2n) is 5.66. The molecule has 0 saturated heterocycles. The van der Waals surface area contributed by atoms with Crippen LogP contribution in [0.25, 0.3) is 0 Å². The summed E-state index contributed by atoms with van der Waals surface area (Å²) < 4.78 is 13.0. The minimum absolute atomic E-state index is 0.0148. The zero-order valence-corrected chi connectivity index (χ0v) is 12.1. The van der Waals surface area contributed by atoms with Crippen molar-refractivity contribution in [1.29, 1.82) is 0 Å². The molecule has 2 nitrogen and oxygen atoms in total. The summed E-state index contributed by atoms with van der Waals surface area (Å²) in [5.41, 5.74) is 2.88. The lowest BCUT2D eigenvalue weighted by atomic mass is 10.1. The molecular weight excluding hydrogens is 265 g/mol. The minimum Gasteiger partial charge on any atom is -0.331 e. The summed E-state index contributed by atoms with van der Waals surface area (Å²) in [5, 5.41) is 0. The molecule has 0 radical (unpaired) electrons. The highest BCUT2D eigenvalue weighted by Gasteiger charge is 2.33. The van der Waals surface area contributed by atoms with Gasteiger partial charge in [-0.05, 0) is 49.6 Å². The van der Waals surface area contributed by atoms with Crippen LogP contribution in [0.3, 0.4) is 0 Å². The van der Waals surface area contributed by atoms with E-state index in [1.807, 2.05) is 30.0 Å². The molecule has 3 heteroatoms. The molecule has 0 atom stereocenters. The van der Waals surface area contributed by atoms with E-state index < -0.39 is 0 Å². The van der Waals surface area contributed by atoms with E-state index in [1.165, 1.54) is 17.7 Å². The van der Waals surface area contributed by atoms with Gasteiger partial charge in [-0.2, -0.15) is 0 Å². The van der Waals surface area contributed by atoms with E-state index in [0.717, 1.165) is 18.4 Å². The molecule has 0 unspecified atom stereocenters. The summed E-state index contributed by atoms with van der Waals surface area (Å²) in [6.45, 7) is 2.66. The number of amides is 1. The van der Waals surface area contributed by atoms with Crippen molar-refractivity contribution in [2.24, 2.45) is 0 Å². The fourth-order valence-electron chi connectivity index (χ4n) is 2.52. The van der Waals surface area contributed by atoms with E-state index >= 15 is 0 Å². The van der Waals surface area contributed by atoms with Gasteiger partial charge in [0.1, 0.15) is 5.82 Å². The Kier molecular flexibility index (Phi) is 3.74. The number of nitrogens with zero attached hydrogens (tertiary/aromatic N) is 1. The van der Waals surface area contributed by atoms with E-state index in [0.29, 0.717) is 18.2 Å². The molecule has 0 heterocycles. The van der Waals surface area contributed by atoms with Crippen LogP contribution in [-0.4, -0.2) is 16.8 Å². The largest absolute Gasteiger partial charge is 0.331 e. The Hall–Kier alpha value is -2.16. The first-order valence-electron chi connectivity index (χ1n) is 7.25. The van der Waals surface area contributed by atoms with E-state index in [-0.39, 0.29) is 11.7 Å². The molecule has 0 bridgehead atoms. The highest BCUT2D eigenvalue weighted by atomic mass is 19.1. The molecule has 3 rings (SSSR count). The Balaban J connectivity index is 1.81. The summed E-state index contributed by atoms with van der Waals surface area (Å²) in [7, 11) is 0. The van der Waals surface area contributed by atoms with Gasteiger partial charge in [0.05, 0.1) is 0 Å². The summed E-state index contributed by atoms with van der Waals surface area (Å²) in [6.07, 6.45) is 2.11. The van der Waals surface area contributed by atoms with Crippen LogP contribution in [0.15, 0.2) is 48.5 Å². The molecule has 108 valence electrons. The summed E-state index contributed by atoms with van der Waals surface area (Å²) in [4.78, 5) is 14.5. The highest BCUT2D eigenvalue weighted by Crippen LogP contribution is 2.30. The van der Waals surface area contributed by atoms with Crippen molar-refractivity contribution in [2.75, 3.05) is 0 Å². The van der Waals surface area contributed by atoms with Gasteiger partial charge in [-0.3, -0.25) is 4.79 Å². The predicted octanol–water partition coefficient (Wildman–Crippen LogP) is 3.94. The van der Waals surface area contributed by atoms with Gasteiger partial charge in [-0.1, -0.05) is 29.8 Å². The number of carbonyl (C=O) groups is 1. The Morgan fingerprint density at radius 1 is 1.19 bits per heavy atom. The Morgan fingerprint density at radius 2 is 1.90 bits per heavy atom. The minimum atomic E-state index is -0.316. The van der Waals surface area contributed by atoms with Crippen LogP contribution in [-0.2, 0) is 6.54 Å². The lowest BCUT2D eigenvalue weighted by molar-refractivity contribution is 0.0730. The number of carbonyl (C=O) groups excluding carboxylic acids is 1. The molecule has 0 aromatic heterocycles. The lowest BCUT2D eigenvalue weighted by Gasteiger charge is -2.23. The van der Waals surface area contributed by atoms with Gasteiger partial charge in [0.2, 0.25) is 0 Å². The van der Waals surface area contributed by atoms with Crippen molar-refractivity contribution in [3.05, 3.63) is 71.0 Å². The van der Waals surface area contributed by atoms with E-state index in [2.05, 4.69) is 6.07 Å². The van der Waals surface area contributed by atoms with E-state index in [4.69, 9.17) is 0 Å². The fraction of sp³-hybridized carbons (Fsp3) is 0.278. The lowest BCUT2D eigenvalue weighted by Crippen LogP contribution is -2.32. The molecule has 21 heavy (non-hydrogen) atoms. The Labute approximate surface area is 124 Å². The van der Waals surface area contributed by atoms with Gasteiger partial charge in [0, 0.05) is 18.2 Å². The SMILES string of the molecule is Cc1cccc(CN(C(=O)c2ccc(F)cc2)C2CC2)c1. The van der Waals surface area contributed by atoms with Crippen LogP contribution in [0.4, 0.5) is 4.39 Å². The molecule has 1 aliphatic carbocycles. The topological polar surface area (TPSA) is 20.3 Å². The zero-order valence-electron chi connectivity index (χ0n) is 12.1. The van der Waals surface area contributed by atoms with Crippen molar-refractivity contribution >= 4 is 5.91 Å². The molecule has 2 aromatic rings. The number of rotatable bonds is 4. The predicted molar refractivity (Wildman–Crippen MR) is 80.5 cm³/mol. The third-order valence-corrected chi connectivity index (χ3v) is 3.78. The van der Waals surface area contributed by atoms with Gasteiger partial charge in [-0.15, -0.1) is 0 Å². The van der Waals surface area contributed by atoms with E-state index in [1.54, 1.807) is 12.1 Å². The first-order chi connectivity index (χ1) is 10.1. The average molecular weight is 283 g/mol. The van der Waals surface area contributed by atoms with Crippen molar-refractivity contribution in [3.63, 3.8) is 0 Å². The molecule has 2 aromatic carbocycles. The van der Waals surface area contributed by atoms with Gasteiger partial charge in [0.15, 0.2) is 0 Å². The molecule has 1 amide bonds. The van der Waals surface area contributed by atoms with Crippen molar-refractivity contribution in [1.82, 2.24) is 4.90 Å². The average Bonchev–Trinajstić information content (AvgIpc) is 3.29. The van der Waals surface area contributed by atoms with Gasteiger partial charge in [0.25, 0.3) is 5.91 Å². The van der Waals surface area contributed by atoms with Gasteiger partial charge < -0.3 is 4.90 Å². The maximum atomic E-state index is 13.0. The Bertz CT molecular complexity index is 647. The summed E-state index contributed by atoms with van der Waals surface area (Å²) in [6, 6.07) is 14.3. The fourth-order valence-corrected chi connectivity index (χ4v) is 2.52. The normalized spacial score (nSPS) is 14.0. The second kappa shape index (κ2) is 5.68. The van der Waals surface area contributed by atoms with Crippen LogP contribution in [0.2, 0.25) is 0 Å². The number of halogens is 1. The highest BCUT2D eigenvalue weighted by molar-refractivity contribution is 5.94. The maximum Gasteiger partial charge on any atom is 0.254 e. The van der Waals surface area contributed by atoms with Gasteiger partial charge in [-0.25, -0.2) is 4.39 Å². The Morgan fingerprint density at radius 3 is 2.52 bits per heavy atom. The number of hydrogen-bond acceptors (Lipinski definition) is 1. The third kappa shape index (κ3) is 3.30. The molecule has 0 N–H and O–H groups in total. The molecule has 0 spiro atoms. The summed E-state index contributed by atoms with van der Waals surface area (Å²) in [5.74, 6) is -0.331. The first kappa shape index (κ1) is 13.8. The molecule has 1 aliphatic rings. The number of benzene rings is 2. The van der Waals surface area contributed by atoms with Crippen LogP contribution in [0.1, 0.15) is 34.3 Å². The monoisotopic (exact) mass is 283 g/mol. The smallest absolute Gasteiger partial charge is 0.254 e. The second-order valence-corrected chi connectivity index (χ2v) is 5.66. The maximum absolute atomic E-state index is 13.0. The summed E-state index contributed by atoms with van der Waals surface area (Å²) >= 11 is 0. The molecular formula is C18H18FNO. The third-order valence-electron chi connectivity index (χ3n) is 3.78. The zero-order chi connectivity index (χ0) is 14.8. The van der Waals surface area contributed by atoms with Crippen LogP contribution < -0.4 is 0 Å². The van der Waals surface area contributed by atoms with Crippen LogP contribution in [0, 0.1) is 12.7 Å². The molecule has 1 saturated carbocycles. The van der Waals surface area contributed by atoms with Gasteiger partial charge >= 0.3 is 0 Å². The number of aryl methyl sites for hydroxylation is 1. The molecule has 0 aliphatic heterocycles. The van der Waals surface area contributed by atoms with Crippen molar-refractivity contribution in [3.8, 4) is 0 Å². The van der Waals surface area contributed by atoms with Crippen LogP contribution in [0.5, 0.6) is 0 Å².